The Bertz CT molecular complexity index is 668. The first-order valence-electron chi connectivity index (χ1n) is 7.97. The number of piperidine rings is 1. The molecule has 23 heavy (non-hydrogen) atoms. The van der Waals surface area contributed by atoms with Gasteiger partial charge in [-0.1, -0.05) is 0 Å². The number of hydrogen-bond donors (Lipinski definition) is 1. The van der Waals surface area contributed by atoms with Gasteiger partial charge in [-0.2, -0.15) is 0 Å². The molecule has 0 bridgehead atoms. The zero-order chi connectivity index (χ0) is 16.4. The van der Waals surface area contributed by atoms with Crippen LogP contribution in [0.2, 0.25) is 0 Å². The van der Waals surface area contributed by atoms with E-state index in [-0.39, 0.29) is 16.5 Å². The zero-order valence-electron chi connectivity index (χ0n) is 13.0. The van der Waals surface area contributed by atoms with E-state index in [4.69, 9.17) is 5.14 Å². The summed E-state index contributed by atoms with van der Waals surface area (Å²) in [5.74, 6) is -0.144. The number of pyridine rings is 1. The summed E-state index contributed by atoms with van der Waals surface area (Å²) in [5, 5.41) is 5.05. The minimum absolute atomic E-state index is 0.0809. The van der Waals surface area contributed by atoms with E-state index in [1.165, 1.54) is 25.0 Å². The van der Waals surface area contributed by atoms with Crippen LogP contribution in [0, 0.1) is 0 Å². The average Bonchev–Trinajstić information content (AvgIpc) is 3.08. The van der Waals surface area contributed by atoms with E-state index in [2.05, 4.69) is 9.88 Å². The van der Waals surface area contributed by atoms with E-state index >= 15 is 0 Å². The van der Waals surface area contributed by atoms with Crippen molar-refractivity contribution in [3.05, 3.63) is 24.0 Å². The van der Waals surface area contributed by atoms with Gasteiger partial charge < -0.3 is 4.90 Å². The Balaban J connectivity index is 1.69. The minimum Gasteiger partial charge on any atom is -0.336 e. The number of nitrogens with zero attached hydrogens (tertiary/aromatic N) is 3. The van der Waals surface area contributed by atoms with Crippen molar-refractivity contribution >= 4 is 15.9 Å². The molecule has 2 N–H and O–H groups in total. The number of carbonyl (C=O) groups excluding carboxylic acids is 1. The first kappa shape index (κ1) is 16.4. The Morgan fingerprint density at radius 2 is 1.91 bits per heavy atom. The van der Waals surface area contributed by atoms with Crippen molar-refractivity contribution < 1.29 is 13.2 Å². The van der Waals surface area contributed by atoms with Crippen LogP contribution in [-0.4, -0.2) is 61.3 Å². The van der Waals surface area contributed by atoms with Gasteiger partial charge in [0, 0.05) is 25.3 Å². The molecule has 0 saturated carbocycles. The normalized spacial score (nSPS) is 23.2. The van der Waals surface area contributed by atoms with Gasteiger partial charge in [0.15, 0.2) is 0 Å². The lowest BCUT2D eigenvalue weighted by atomic mass is 10.0. The molecule has 3 heterocycles. The highest BCUT2D eigenvalue weighted by Gasteiger charge is 2.30. The van der Waals surface area contributed by atoms with Crippen molar-refractivity contribution in [3.8, 4) is 0 Å². The van der Waals surface area contributed by atoms with Crippen LogP contribution < -0.4 is 5.14 Å². The lowest BCUT2D eigenvalue weighted by Gasteiger charge is -2.37. The number of likely N-dealkylation sites (tertiary alicyclic amines) is 2. The van der Waals surface area contributed by atoms with Crippen LogP contribution in [0.1, 0.15) is 36.2 Å². The van der Waals surface area contributed by atoms with E-state index in [0.29, 0.717) is 6.04 Å². The van der Waals surface area contributed by atoms with Gasteiger partial charge in [0.2, 0.25) is 10.0 Å². The van der Waals surface area contributed by atoms with Gasteiger partial charge >= 0.3 is 0 Å². The average molecular weight is 338 g/mol. The number of primary sulfonamides is 1. The highest BCUT2D eigenvalue weighted by molar-refractivity contribution is 7.89. The number of hydrogen-bond acceptors (Lipinski definition) is 5. The van der Waals surface area contributed by atoms with Crippen molar-refractivity contribution in [3.63, 3.8) is 0 Å². The van der Waals surface area contributed by atoms with Gasteiger partial charge in [-0.05, 0) is 50.9 Å². The Morgan fingerprint density at radius 3 is 2.52 bits per heavy atom. The largest absolute Gasteiger partial charge is 0.336 e. The summed E-state index contributed by atoms with van der Waals surface area (Å²) in [5.41, 5.74) is 0.263. The van der Waals surface area contributed by atoms with Gasteiger partial charge in [0.25, 0.3) is 5.91 Å². The predicted molar refractivity (Wildman–Crippen MR) is 85.3 cm³/mol. The van der Waals surface area contributed by atoms with Crippen LogP contribution in [0.4, 0.5) is 0 Å². The topological polar surface area (TPSA) is 96.6 Å². The maximum absolute atomic E-state index is 12.6. The molecule has 7 nitrogen and oxygen atoms in total. The Labute approximate surface area is 136 Å². The highest BCUT2D eigenvalue weighted by Crippen LogP contribution is 2.21. The molecule has 1 unspecified atom stereocenters. The molecule has 1 aromatic heterocycles. The zero-order valence-corrected chi connectivity index (χ0v) is 13.8. The van der Waals surface area contributed by atoms with Crippen molar-refractivity contribution in [2.24, 2.45) is 5.14 Å². The first-order chi connectivity index (χ1) is 10.9. The summed E-state index contributed by atoms with van der Waals surface area (Å²) in [6, 6.07) is 3.19. The molecule has 8 heteroatoms. The smallest absolute Gasteiger partial charge is 0.272 e. The monoisotopic (exact) mass is 338 g/mol. The summed E-state index contributed by atoms with van der Waals surface area (Å²) in [6.45, 7) is 3.68. The van der Waals surface area contributed by atoms with Gasteiger partial charge in [-0.3, -0.25) is 9.69 Å². The van der Waals surface area contributed by atoms with Crippen LogP contribution >= 0.6 is 0 Å². The van der Waals surface area contributed by atoms with E-state index in [1.807, 2.05) is 4.90 Å². The first-order valence-corrected chi connectivity index (χ1v) is 9.52. The predicted octanol–water partition coefficient (Wildman–Crippen LogP) is 0.429. The number of nitrogens with two attached hydrogens (primary N) is 1. The van der Waals surface area contributed by atoms with Crippen molar-refractivity contribution in [1.82, 2.24) is 14.8 Å². The molecule has 0 radical (unpaired) electrons. The van der Waals surface area contributed by atoms with Gasteiger partial charge in [-0.25, -0.2) is 18.5 Å². The lowest BCUT2D eigenvalue weighted by Crippen LogP contribution is -2.49. The van der Waals surface area contributed by atoms with E-state index < -0.39 is 10.0 Å². The number of carbonyl (C=O) groups is 1. The maximum Gasteiger partial charge on any atom is 0.272 e. The molecule has 1 atom stereocenters. The number of amides is 1. The van der Waals surface area contributed by atoms with Crippen molar-refractivity contribution in [1.29, 1.82) is 0 Å². The van der Waals surface area contributed by atoms with Crippen LogP contribution in [-0.2, 0) is 10.0 Å². The Morgan fingerprint density at radius 1 is 1.17 bits per heavy atom. The molecule has 2 aliphatic heterocycles. The third-order valence-electron chi connectivity index (χ3n) is 4.62. The Kier molecular flexibility index (Phi) is 4.65. The number of aromatic nitrogens is 1. The third-order valence-corrected chi connectivity index (χ3v) is 5.52. The SMILES string of the molecule is NS(=O)(=O)c1ccc(C(=O)N2CCCC(N3CCCC3)C2)nc1. The molecular weight excluding hydrogens is 316 g/mol. The van der Waals surface area contributed by atoms with E-state index in [9.17, 15) is 13.2 Å². The van der Waals surface area contributed by atoms with Crippen LogP contribution in [0.15, 0.2) is 23.2 Å². The van der Waals surface area contributed by atoms with Gasteiger partial charge in [0.05, 0.1) is 0 Å². The summed E-state index contributed by atoms with van der Waals surface area (Å²) in [7, 11) is -3.78. The number of sulfonamides is 1. The second-order valence-corrected chi connectivity index (χ2v) is 7.78. The lowest BCUT2D eigenvalue weighted by molar-refractivity contribution is 0.0602. The second-order valence-electron chi connectivity index (χ2n) is 6.21. The molecule has 1 amide bonds. The molecule has 0 spiro atoms. The third kappa shape index (κ3) is 3.70. The van der Waals surface area contributed by atoms with Crippen LogP contribution in [0.3, 0.4) is 0 Å². The summed E-state index contributed by atoms with van der Waals surface area (Å²) >= 11 is 0. The van der Waals surface area contributed by atoms with E-state index in [0.717, 1.165) is 45.2 Å². The van der Waals surface area contributed by atoms with Gasteiger partial charge in [0.1, 0.15) is 10.6 Å². The second kappa shape index (κ2) is 6.54. The van der Waals surface area contributed by atoms with Gasteiger partial charge in [-0.15, -0.1) is 0 Å². The molecule has 1 aromatic rings. The Hall–Kier alpha value is -1.51. The maximum atomic E-state index is 12.6. The minimum atomic E-state index is -3.78. The van der Waals surface area contributed by atoms with E-state index in [1.54, 1.807) is 0 Å². The molecule has 0 aromatic carbocycles. The molecule has 0 aliphatic carbocycles. The quantitative estimate of drug-likeness (QED) is 0.862. The fourth-order valence-corrected chi connectivity index (χ4v) is 3.84. The van der Waals surface area contributed by atoms with Crippen molar-refractivity contribution in [2.75, 3.05) is 26.2 Å². The fourth-order valence-electron chi connectivity index (χ4n) is 3.38. The summed E-state index contributed by atoms with van der Waals surface area (Å²) in [4.78, 5) is 20.8. The molecule has 126 valence electrons. The molecule has 2 aliphatic rings. The standard InChI is InChI=1S/C15H22N4O3S/c16-23(21,22)13-5-6-14(17-10-13)15(20)19-9-3-4-12(11-19)18-7-1-2-8-18/h5-6,10,12H,1-4,7-9,11H2,(H2,16,21,22). The summed E-state index contributed by atoms with van der Waals surface area (Å²) < 4.78 is 22.5. The molecule has 2 fully saturated rings. The number of rotatable bonds is 3. The molecular formula is C15H22N4O3S. The van der Waals surface area contributed by atoms with Crippen LogP contribution in [0.5, 0.6) is 0 Å². The molecule has 2 saturated heterocycles. The van der Waals surface area contributed by atoms with Crippen molar-refractivity contribution in [2.45, 2.75) is 36.6 Å². The van der Waals surface area contributed by atoms with Crippen LogP contribution in [0.25, 0.3) is 0 Å². The molecule has 3 rings (SSSR count). The summed E-state index contributed by atoms with van der Waals surface area (Å²) in [6.07, 6.45) is 5.73. The highest BCUT2D eigenvalue weighted by atomic mass is 32.2. The fraction of sp³-hybridized carbons (Fsp3) is 0.600.